The van der Waals surface area contributed by atoms with Crippen LogP contribution in [-0.4, -0.2) is 11.6 Å². The molecule has 0 saturated heterocycles. The lowest BCUT2D eigenvalue weighted by Gasteiger charge is -2.22. The van der Waals surface area contributed by atoms with Gasteiger partial charge in [-0.05, 0) is 38.1 Å². The van der Waals surface area contributed by atoms with Gasteiger partial charge in [0.1, 0.15) is 5.01 Å². The Morgan fingerprint density at radius 1 is 0.966 bits per heavy atom. The van der Waals surface area contributed by atoms with Gasteiger partial charge in [0, 0.05) is 32.8 Å². The SMILES string of the molecule is Cc1ccc(SOCC(C)(C)c2nc(-c3ccc(C(F)(F)F)cc3)sc2C)cc1. The maximum atomic E-state index is 12.8. The number of halogens is 3. The molecule has 29 heavy (non-hydrogen) atoms. The molecule has 0 spiro atoms. The van der Waals surface area contributed by atoms with Crippen LogP contribution in [0.4, 0.5) is 13.2 Å². The average Bonchev–Trinajstić information content (AvgIpc) is 3.05. The van der Waals surface area contributed by atoms with Gasteiger partial charge in [-0.25, -0.2) is 4.98 Å². The van der Waals surface area contributed by atoms with Crippen LogP contribution in [-0.2, 0) is 15.8 Å². The van der Waals surface area contributed by atoms with Gasteiger partial charge in [-0.3, -0.25) is 0 Å². The highest BCUT2D eigenvalue weighted by atomic mass is 32.2. The first-order chi connectivity index (χ1) is 13.6. The van der Waals surface area contributed by atoms with Crippen molar-refractivity contribution in [1.82, 2.24) is 4.98 Å². The second-order valence-electron chi connectivity index (χ2n) is 7.54. The lowest BCUT2D eigenvalue weighted by atomic mass is 9.90. The van der Waals surface area contributed by atoms with Crippen LogP contribution in [0, 0.1) is 13.8 Å². The number of nitrogens with zero attached hydrogens (tertiary/aromatic N) is 1. The van der Waals surface area contributed by atoms with Crippen LogP contribution in [0.3, 0.4) is 0 Å². The average molecular weight is 438 g/mol. The summed E-state index contributed by atoms with van der Waals surface area (Å²) in [5.41, 5.74) is 1.80. The van der Waals surface area contributed by atoms with Gasteiger partial charge in [0.15, 0.2) is 0 Å². The zero-order valence-corrected chi connectivity index (χ0v) is 18.3. The van der Waals surface area contributed by atoms with Crippen LogP contribution in [0.2, 0.25) is 0 Å². The van der Waals surface area contributed by atoms with Crippen molar-refractivity contribution >= 4 is 23.4 Å². The first kappa shape index (κ1) is 21.9. The number of aromatic nitrogens is 1. The van der Waals surface area contributed by atoms with Crippen LogP contribution in [0.25, 0.3) is 10.6 Å². The molecule has 0 aliphatic carbocycles. The van der Waals surface area contributed by atoms with Crippen LogP contribution < -0.4 is 0 Å². The van der Waals surface area contributed by atoms with Crippen LogP contribution >= 0.6 is 23.4 Å². The number of alkyl halides is 3. The van der Waals surface area contributed by atoms with Crippen molar-refractivity contribution < 1.29 is 17.4 Å². The minimum Gasteiger partial charge on any atom is -0.309 e. The minimum absolute atomic E-state index is 0.331. The monoisotopic (exact) mass is 437 g/mol. The van der Waals surface area contributed by atoms with Crippen LogP contribution in [0.1, 0.15) is 35.5 Å². The molecule has 154 valence electrons. The lowest BCUT2D eigenvalue weighted by Crippen LogP contribution is -2.24. The molecule has 0 aliphatic rings. The molecule has 0 aliphatic heterocycles. The Labute approximate surface area is 177 Å². The van der Waals surface area contributed by atoms with Crippen molar-refractivity contribution in [1.29, 1.82) is 0 Å². The molecule has 0 saturated carbocycles. The number of rotatable bonds is 6. The van der Waals surface area contributed by atoms with Crippen LogP contribution in [0.15, 0.2) is 53.4 Å². The fraction of sp³-hybridized carbons (Fsp3) is 0.318. The van der Waals surface area contributed by atoms with E-state index >= 15 is 0 Å². The molecule has 0 radical (unpaired) electrons. The van der Waals surface area contributed by atoms with E-state index in [0.717, 1.165) is 27.6 Å². The van der Waals surface area contributed by atoms with E-state index in [4.69, 9.17) is 9.17 Å². The Bertz CT molecular complexity index is 961. The molecular formula is C22H22F3NOS2. The second-order valence-corrected chi connectivity index (χ2v) is 9.62. The van der Waals surface area contributed by atoms with E-state index in [2.05, 4.69) is 13.8 Å². The Morgan fingerprint density at radius 2 is 1.59 bits per heavy atom. The van der Waals surface area contributed by atoms with Gasteiger partial charge in [-0.2, -0.15) is 13.2 Å². The summed E-state index contributed by atoms with van der Waals surface area (Å²) in [5.74, 6) is 0. The van der Waals surface area contributed by atoms with E-state index in [1.165, 1.54) is 41.1 Å². The summed E-state index contributed by atoms with van der Waals surface area (Å²) in [6.07, 6.45) is -4.34. The molecule has 0 bridgehead atoms. The van der Waals surface area contributed by atoms with Crippen molar-refractivity contribution in [3.05, 3.63) is 70.2 Å². The van der Waals surface area contributed by atoms with Crippen molar-refractivity contribution in [2.75, 3.05) is 6.61 Å². The fourth-order valence-corrected chi connectivity index (χ4v) is 4.69. The highest BCUT2D eigenvalue weighted by Gasteiger charge is 2.31. The molecule has 7 heteroatoms. The normalized spacial score (nSPS) is 12.4. The zero-order valence-electron chi connectivity index (χ0n) is 16.6. The lowest BCUT2D eigenvalue weighted by molar-refractivity contribution is -0.137. The quantitative estimate of drug-likeness (QED) is 0.374. The molecule has 1 aromatic heterocycles. The predicted octanol–water partition coefficient (Wildman–Crippen LogP) is 7.45. The molecule has 0 atom stereocenters. The summed E-state index contributed by atoms with van der Waals surface area (Å²) in [5, 5.41) is 0.713. The molecule has 2 aromatic carbocycles. The molecular weight excluding hydrogens is 415 g/mol. The van der Waals surface area contributed by atoms with E-state index in [0.29, 0.717) is 17.2 Å². The summed E-state index contributed by atoms with van der Waals surface area (Å²) < 4.78 is 44.2. The molecule has 3 rings (SSSR count). The Morgan fingerprint density at radius 3 is 2.17 bits per heavy atom. The Hall–Kier alpha value is -1.83. The van der Waals surface area contributed by atoms with Crippen molar-refractivity contribution in [3.8, 4) is 10.6 Å². The molecule has 2 nitrogen and oxygen atoms in total. The van der Waals surface area contributed by atoms with E-state index in [1.54, 1.807) is 0 Å². The highest BCUT2D eigenvalue weighted by Crippen LogP contribution is 2.37. The van der Waals surface area contributed by atoms with Crippen molar-refractivity contribution in [2.24, 2.45) is 0 Å². The largest absolute Gasteiger partial charge is 0.416 e. The third kappa shape index (κ3) is 5.41. The fourth-order valence-electron chi connectivity index (χ4n) is 2.86. The maximum absolute atomic E-state index is 12.8. The van der Waals surface area contributed by atoms with Gasteiger partial charge in [-0.15, -0.1) is 11.3 Å². The number of thiazole rings is 1. The Kier molecular flexibility index (Phi) is 6.41. The Balaban J connectivity index is 1.71. The van der Waals surface area contributed by atoms with Crippen molar-refractivity contribution in [2.45, 2.75) is 44.2 Å². The summed E-state index contributed by atoms with van der Waals surface area (Å²) in [7, 11) is 0. The standard InChI is InChI=1S/C22H22F3NOS2/c1-14-5-11-18(12-6-14)29-27-13-21(3,4)19-15(2)28-20(26-19)16-7-9-17(10-8-16)22(23,24)25/h5-12H,13H2,1-4H3. The second kappa shape index (κ2) is 8.50. The number of benzene rings is 2. The summed E-state index contributed by atoms with van der Waals surface area (Å²) in [6, 6.07) is 13.3. The van der Waals surface area contributed by atoms with Crippen LogP contribution in [0.5, 0.6) is 0 Å². The minimum atomic E-state index is -4.34. The zero-order chi connectivity index (χ0) is 21.2. The predicted molar refractivity (Wildman–Crippen MR) is 113 cm³/mol. The van der Waals surface area contributed by atoms with Gasteiger partial charge in [-0.1, -0.05) is 43.7 Å². The summed E-state index contributed by atoms with van der Waals surface area (Å²) in [4.78, 5) is 6.80. The highest BCUT2D eigenvalue weighted by molar-refractivity contribution is 7.94. The number of aryl methyl sites for hydroxylation is 2. The summed E-state index contributed by atoms with van der Waals surface area (Å²) in [6.45, 7) is 8.60. The first-order valence-electron chi connectivity index (χ1n) is 9.08. The third-order valence-electron chi connectivity index (χ3n) is 4.49. The third-order valence-corrected chi connectivity index (χ3v) is 6.21. The van der Waals surface area contributed by atoms with Gasteiger partial charge in [0.05, 0.1) is 17.9 Å². The molecule has 0 fully saturated rings. The molecule has 0 unspecified atom stereocenters. The topological polar surface area (TPSA) is 22.1 Å². The summed E-state index contributed by atoms with van der Waals surface area (Å²) >= 11 is 2.82. The molecule has 3 aromatic rings. The maximum Gasteiger partial charge on any atom is 0.416 e. The van der Waals surface area contributed by atoms with E-state index in [1.807, 2.05) is 38.1 Å². The molecule has 1 heterocycles. The van der Waals surface area contributed by atoms with Crippen molar-refractivity contribution in [3.63, 3.8) is 0 Å². The van der Waals surface area contributed by atoms with Gasteiger partial charge >= 0.3 is 6.18 Å². The van der Waals surface area contributed by atoms with Gasteiger partial charge < -0.3 is 4.18 Å². The van der Waals surface area contributed by atoms with Gasteiger partial charge in [0.25, 0.3) is 0 Å². The molecule has 0 amide bonds. The van der Waals surface area contributed by atoms with E-state index in [9.17, 15) is 13.2 Å². The number of hydrogen-bond acceptors (Lipinski definition) is 4. The molecule has 0 N–H and O–H groups in total. The first-order valence-corrected chi connectivity index (χ1v) is 10.6. The van der Waals surface area contributed by atoms with E-state index in [-0.39, 0.29) is 5.41 Å². The van der Waals surface area contributed by atoms with Gasteiger partial charge in [0.2, 0.25) is 0 Å². The van der Waals surface area contributed by atoms with E-state index < -0.39 is 11.7 Å². The smallest absolute Gasteiger partial charge is 0.309 e. The number of hydrogen-bond donors (Lipinski definition) is 0.